The van der Waals surface area contributed by atoms with Gasteiger partial charge < -0.3 is 24.5 Å². The van der Waals surface area contributed by atoms with Crippen LogP contribution in [0, 0.1) is 13.8 Å². The van der Waals surface area contributed by atoms with E-state index < -0.39 is 6.10 Å². The fourth-order valence-electron chi connectivity index (χ4n) is 4.85. The fourth-order valence-corrected chi connectivity index (χ4v) is 4.85. The van der Waals surface area contributed by atoms with Crippen LogP contribution in [0.1, 0.15) is 45.3 Å². The highest BCUT2D eigenvalue weighted by Crippen LogP contribution is 2.32. The summed E-state index contributed by atoms with van der Waals surface area (Å²) in [5.41, 5.74) is 4.30. The molecule has 2 N–H and O–H groups in total. The van der Waals surface area contributed by atoms with Gasteiger partial charge in [0.15, 0.2) is 5.75 Å². The molecule has 1 fully saturated rings. The number of carbonyl (C=O) groups is 2. The van der Waals surface area contributed by atoms with Gasteiger partial charge in [-0.1, -0.05) is 0 Å². The average molecular weight is 462 g/mol. The molecule has 0 aliphatic carbocycles. The molecule has 0 unspecified atom stereocenters. The summed E-state index contributed by atoms with van der Waals surface area (Å²) in [5, 5.41) is 17.0. The van der Waals surface area contributed by atoms with Gasteiger partial charge in [-0.25, -0.2) is 4.52 Å². The number of amides is 2. The highest BCUT2D eigenvalue weighted by molar-refractivity contribution is 5.99. The Morgan fingerprint density at radius 3 is 2.74 bits per heavy atom. The lowest BCUT2D eigenvalue weighted by atomic mass is 10.1. The summed E-state index contributed by atoms with van der Waals surface area (Å²) in [5.74, 6) is 0.902. The van der Waals surface area contributed by atoms with Crippen molar-refractivity contribution in [1.29, 1.82) is 0 Å². The Labute approximate surface area is 196 Å². The molecular formula is C25H27N5O4. The highest BCUT2D eigenvalue weighted by atomic mass is 16.5. The van der Waals surface area contributed by atoms with E-state index in [2.05, 4.69) is 10.4 Å². The topological polar surface area (TPSA) is 101 Å². The monoisotopic (exact) mass is 461 g/mol. The number of hydrogen-bond donors (Lipinski definition) is 2. The summed E-state index contributed by atoms with van der Waals surface area (Å²) >= 11 is 0. The second-order valence-corrected chi connectivity index (χ2v) is 8.87. The number of nitrogens with zero attached hydrogens (tertiary/aromatic N) is 4. The summed E-state index contributed by atoms with van der Waals surface area (Å²) in [6.07, 6.45) is 5.23. The largest absolute Gasteiger partial charge is 0.455 e. The third-order valence-electron chi connectivity index (χ3n) is 6.54. The van der Waals surface area contributed by atoms with Gasteiger partial charge in [0.25, 0.3) is 11.8 Å². The molecule has 0 radical (unpaired) electrons. The highest BCUT2D eigenvalue weighted by Gasteiger charge is 2.33. The second kappa shape index (κ2) is 8.18. The van der Waals surface area contributed by atoms with Crippen LogP contribution < -0.4 is 10.1 Å². The van der Waals surface area contributed by atoms with Crippen molar-refractivity contribution in [3.63, 3.8) is 0 Å². The molecule has 176 valence electrons. The van der Waals surface area contributed by atoms with Gasteiger partial charge in [0.2, 0.25) is 0 Å². The smallest absolute Gasteiger partial charge is 0.268 e. The summed E-state index contributed by atoms with van der Waals surface area (Å²) in [6, 6.07) is 7.35. The van der Waals surface area contributed by atoms with Crippen molar-refractivity contribution in [3.8, 4) is 11.5 Å². The molecule has 9 heteroatoms. The number of β-amino-alcohol motifs (C(OH)–C–C–N with tert-alkyl or cyclic N) is 1. The Balaban J connectivity index is 1.51. The van der Waals surface area contributed by atoms with E-state index in [0.29, 0.717) is 41.2 Å². The van der Waals surface area contributed by atoms with Gasteiger partial charge in [-0.15, -0.1) is 0 Å². The Bertz CT molecular complexity index is 1440. The van der Waals surface area contributed by atoms with E-state index >= 15 is 0 Å². The van der Waals surface area contributed by atoms with Crippen LogP contribution in [0.4, 0.5) is 0 Å². The Morgan fingerprint density at radius 1 is 1.24 bits per heavy atom. The number of rotatable bonds is 4. The number of aliphatic hydroxyl groups is 1. The van der Waals surface area contributed by atoms with Crippen molar-refractivity contribution in [3.05, 3.63) is 65.2 Å². The van der Waals surface area contributed by atoms with Gasteiger partial charge in [-0.05, 0) is 50.5 Å². The van der Waals surface area contributed by atoms with Crippen molar-refractivity contribution in [2.45, 2.75) is 39.3 Å². The molecule has 0 spiro atoms. The summed E-state index contributed by atoms with van der Waals surface area (Å²) in [4.78, 5) is 27.2. The van der Waals surface area contributed by atoms with Crippen molar-refractivity contribution >= 4 is 22.8 Å². The number of fused-ring (bicyclic) bond motifs is 2. The van der Waals surface area contributed by atoms with Crippen LogP contribution in [0.3, 0.4) is 0 Å². The van der Waals surface area contributed by atoms with Crippen LogP contribution in [-0.4, -0.2) is 61.6 Å². The summed E-state index contributed by atoms with van der Waals surface area (Å²) in [7, 11) is 1.61. The van der Waals surface area contributed by atoms with Crippen LogP contribution in [0.5, 0.6) is 11.5 Å². The molecule has 0 saturated carbocycles. The summed E-state index contributed by atoms with van der Waals surface area (Å²) in [6.45, 7) is 6.05. The molecule has 4 aromatic rings. The fraction of sp³-hybridized carbons (Fsp3) is 0.320. The Morgan fingerprint density at radius 2 is 2.03 bits per heavy atom. The van der Waals surface area contributed by atoms with E-state index in [-0.39, 0.29) is 17.9 Å². The Kier molecular flexibility index (Phi) is 5.28. The maximum absolute atomic E-state index is 13.2. The lowest BCUT2D eigenvalue weighted by Crippen LogP contribution is -2.34. The Hall–Kier alpha value is -3.85. The van der Waals surface area contributed by atoms with E-state index in [4.69, 9.17) is 4.74 Å². The molecule has 1 saturated heterocycles. The number of likely N-dealkylation sites (tertiary alicyclic amines) is 1. The zero-order chi connectivity index (χ0) is 24.1. The average Bonchev–Trinajstić information content (AvgIpc) is 3.44. The molecule has 34 heavy (non-hydrogen) atoms. The normalized spacial score (nSPS) is 18.1. The van der Waals surface area contributed by atoms with Crippen molar-refractivity contribution < 1.29 is 19.4 Å². The first kappa shape index (κ1) is 22.0. The van der Waals surface area contributed by atoms with Crippen LogP contribution in [-0.2, 0) is 0 Å². The van der Waals surface area contributed by atoms with Gasteiger partial charge >= 0.3 is 0 Å². The molecule has 2 atom stereocenters. The van der Waals surface area contributed by atoms with Gasteiger partial charge in [0.05, 0.1) is 17.9 Å². The molecule has 9 nitrogen and oxygen atoms in total. The molecule has 4 aromatic heterocycles. The molecule has 2 amide bonds. The molecule has 1 aliphatic heterocycles. The predicted molar refractivity (Wildman–Crippen MR) is 127 cm³/mol. The third-order valence-corrected chi connectivity index (χ3v) is 6.54. The predicted octanol–water partition coefficient (Wildman–Crippen LogP) is 2.95. The second-order valence-electron chi connectivity index (χ2n) is 8.87. The summed E-state index contributed by atoms with van der Waals surface area (Å²) < 4.78 is 9.71. The number of aromatic nitrogens is 3. The van der Waals surface area contributed by atoms with Crippen LogP contribution >= 0.6 is 0 Å². The van der Waals surface area contributed by atoms with Gasteiger partial charge in [0.1, 0.15) is 17.0 Å². The van der Waals surface area contributed by atoms with E-state index in [0.717, 1.165) is 16.6 Å². The van der Waals surface area contributed by atoms with E-state index in [1.807, 2.05) is 37.3 Å². The number of carbonyl (C=O) groups excluding carboxylic acids is 2. The lowest BCUT2D eigenvalue weighted by molar-refractivity contribution is 0.0725. The molecule has 5 rings (SSSR count). The third kappa shape index (κ3) is 3.49. The molecule has 1 aliphatic rings. The van der Waals surface area contributed by atoms with E-state index in [1.165, 1.54) is 0 Å². The zero-order valence-electron chi connectivity index (χ0n) is 19.6. The van der Waals surface area contributed by atoms with Crippen molar-refractivity contribution in [1.82, 2.24) is 24.2 Å². The van der Waals surface area contributed by atoms with E-state index in [9.17, 15) is 14.7 Å². The van der Waals surface area contributed by atoms with Gasteiger partial charge in [0, 0.05) is 49.7 Å². The number of nitrogens with one attached hydrogen (secondary N) is 1. The lowest BCUT2D eigenvalue weighted by Gasteiger charge is -2.20. The first-order chi connectivity index (χ1) is 16.3. The number of aliphatic hydroxyl groups excluding tert-OH is 1. The van der Waals surface area contributed by atoms with E-state index in [1.54, 1.807) is 47.2 Å². The molecule has 0 bridgehead atoms. The number of pyridine rings is 1. The maximum atomic E-state index is 13.2. The molecule has 0 aromatic carbocycles. The SMILES string of the molecule is CNC(=O)c1c(C)cc2cc(Oc3ccnn4cc(C(=O)N5C[C@@H](O)C[C@H]5C)c(C)c34)ccn12. The first-order valence-electron chi connectivity index (χ1n) is 11.3. The maximum Gasteiger partial charge on any atom is 0.268 e. The minimum absolute atomic E-state index is 0.0227. The van der Waals surface area contributed by atoms with Crippen LogP contribution in [0.25, 0.3) is 11.0 Å². The van der Waals surface area contributed by atoms with Crippen LogP contribution in [0.15, 0.2) is 42.9 Å². The number of aryl methyl sites for hydroxylation is 2. The quantitative estimate of drug-likeness (QED) is 0.487. The molecule has 5 heterocycles. The number of ether oxygens (including phenoxy) is 1. The van der Waals surface area contributed by atoms with Gasteiger partial charge in [-0.3, -0.25) is 9.59 Å². The minimum Gasteiger partial charge on any atom is -0.455 e. The zero-order valence-corrected chi connectivity index (χ0v) is 19.6. The standard InChI is InChI=1S/C25H27N5O4/c1-14-9-17-11-19(6-8-28(17)22(14)24(32)26-4)34-21-5-7-27-30-13-20(16(3)23(21)30)25(33)29-12-18(31)10-15(29)2/h5-9,11,13,15,18,31H,10,12H2,1-4H3,(H,26,32)/t15-,18+/m1/s1. The first-order valence-corrected chi connectivity index (χ1v) is 11.3. The van der Waals surface area contributed by atoms with Gasteiger partial charge in [-0.2, -0.15) is 5.10 Å². The van der Waals surface area contributed by atoms with Crippen LogP contribution in [0.2, 0.25) is 0 Å². The van der Waals surface area contributed by atoms with Crippen molar-refractivity contribution in [2.75, 3.05) is 13.6 Å². The minimum atomic E-state index is -0.496. The molecular weight excluding hydrogens is 434 g/mol. The number of hydrogen-bond acceptors (Lipinski definition) is 5. The van der Waals surface area contributed by atoms with Crippen molar-refractivity contribution in [2.24, 2.45) is 0 Å².